The smallest absolute Gasteiger partial charge is 0.219 e. The Morgan fingerprint density at radius 1 is 0.696 bits per heavy atom. The minimum absolute atomic E-state index is 0.243. The van der Waals surface area contributed by atoms with Crippen LogP contribution in [0.1, 0.15) is 110 Å². The quantitative estimate of drug-likeness (QED) is 0.239. The van der Waals surface area contributed by atoms with E-state index in [0.29, 0.717) is 6.42 Å². The third kappa shape index (κ3) is 19.2. The Morgan fingerprint density at radius 3 is 1.87 bits per heavy atom. The molecule has 0 atom stereocenters. The molecule has 0 heterocycles. The van der Waals surface area contributed by atoms with Crippen LogP contribution in [0.5, 0.6) is 0 Å². The third-order valence-corrected chi connectivity index (χ3v) is 4.27. The van der Waals surface area contributed by atoms with Gasteiger partial charge in [-0.1, -0.05) is 77.4 Å². The monoisotopic (exact) mass is 323 g/mol. The van der Waals surface area contributed by atoms with E-state index in [1.165, 1.54) is 77.0 Å². The molecule has 0 rings (SSSR count). The van der Waals surface area contributed by atoms with Crippen LogP contribution < -0.4 is 5.32 Å². The lowest BCUT2D eigenvalue weighted by molar-refractivity contribution is -0.121. The summed E-state index contributed by atoms with van der Waals surface area (Å²) in [4.78, 5) is 11.6. The highest BCUT2D eigenvalue weighted by Gasteiger charge is 1.99. The lowest BCUT2D eigenvalue weighted by Gasteiger charge is -2.04. The van der Waals surface area contributed by atoms with Gasteiger partial charge in [-0.15, -0.1) is 0 Å². The molecule has 0 aliphatic carbocycles. The summed E-state index contributed by atoms with van der Waals surface area (Å²) in [5, 5.41) is 3.01. The molecular formula is C21H41NO. The van der Waals surface area contributed by atoms with Gasteiger partial charge in [0.05, 0.1) is 0 Å². The summed E-state index contributed by atoms with van der Waals surface area (Å²) < 4.78 is 0. The number of nitrogens with one attached hydrogen (secondary N) is 1. The number of hydrogen-bond donors (Lipinski definition) is 1. The Morgan fingerprint density at radius 2 is 1.22 bits per heavy atom. The van der Waals surface area contributed by atoms with Gasteiger partial charge >= 0.3 is 0 Å². The average Bonchev–Trinajstić information content (AvgIpc) is 2.56. The van der Waals surface area contributed by atoms with Crippen LogP contribution in [-0.2, 0) is 4.79 Å². The molecule has 136 valence electrons. The molecule has 23 heavy (non-hydrogen) atoms. The second kappa shape index (κ2) is 19.3. The fraction of sp³-hybridized carbons (Fsp3) is 0.857. The maximum absolute atomic E-state index is 11.6. The Hall–Kier alpha value is -0.790. The molecule has 0 spiro atoms. The van der Waals surface area contributed by atoms with Gasteiger partial charge in [0, 0.05) is 13.0 Å². The van der Waals surface area contributed by atoms with Crippen molar-refractivity contribution in [2.75, 3.05) is 6.54 Å². The number of unbranched alkanes of at least 4 members (excludes halogenated alkanes) is 11. The van der Waals surface area contributed by atoms with Crippen LogP contribution in [-0.4, -0.2) is 12.5 Å². The fourth-order valence-corrected chi connectivity index (χ4v) is 2.69. The van der Waals surface area contributed by atoms with Crippen LogP contribution in [0.2, 0.25) is 0 Å². The molecule has 0 saturated heterocycles. The van der Waals surface area contributed by atoms with E-state index in [4.69, 9.17) is 0 Å². The molecular weight excluding hydrogens is 282 g/mol. The van der Waals surface area contributed by atoms with Crippen LogP contribution in [0.3, 0.4) is 0 Å². The molecule has 0 saturated carbocycles. The Bertz CT molecular complexity index is 273. The minimum Gasteiger partial charge on any atom is -0.356 e. The highest BCUT2D eigenvalue weighted by molar-refractivity contribution is 5.75. The topological polar surface area (TPSA) is 29.1 Å². The van der Waals surface area contributed by atoms with Gasteiger partial charge in [-0.25, -0.2) is 0 Å². The summed E-state index contributed by atoms with van der Waals surface area (Å²) in [5.41, 5.74) is 0. The normalized spacial score (nSPS) is 11.2. The van der Waals surface area contributed by atoms with Crippen molar-refractivity contribution in [3.63, 3.8) is 0 Å². The second-order valence-corrected chi connectivity index (χ2v) is 6.68. The predicted octanol–water partition coefficient (Wildman–Crippen LogP) is 6.55. The zero-order chi connectivity index (χ0) is 17.0. The van der Waals surface area contributed by atoms with Crippen LogP contribution >= 0.6 is 0 Å². The number of hydrogen-bond acceptors (Lipinski definition) is 1. The van der Waals surface area contributed by atoms with Crippen LogP contribution in [0.15, 0.2) is 12.2 Å². The molecule has 0 aromatic heterocycles. The van der Waals surface area contributed by atoms with Gasteiger partial charge in [-0.05, 0) is 38.5 Å². The van der Waals surface area contributed by atoms with E-state index in [9.17, 15) is 4.79 Å². The minimum atomic E-state index is 0.243. The maximum atomic E-state index is 11.6. The van der Waals surface area contributed by atoms with Gasteiger partial charge in [0.1, 0.15) is 0 Å². The SMILES string of the molecule is CCCCCC/C=C\CCCCCCCC(=O)NCCCCC. The van der Waals surface area contributed by atoms with E-state index in [0.717, 1.165) is 19.4 Å². The zero-order valence-corrected chi connectivity index (χ0v) is 15.9. The summed E-state index contributed by atoms with van der Waals surface area (Å²) in [6.45, 7) is 5.30. The molecule has 0 aromatic carbocycles. The van der Waals surface area contributed by atoms with E-state index in [1.807, 2.05) is 0 Å². The molecule has 0 fully saturated rings. The van der Waals surface area contributed by atoms with Crippen molar-refractivity contribution in [3.05, 3.63) is 12.2 Å². The van der Waals surface area contributed by atoms with Crippen molar-refractivity contribution < 1.29 is 4.79 Å². The highest BCUT2D eigenvalue weighted by atomic mass is 16.1. The van der Waals surface area contributed by atoms with Crippen molar-refractivity contribution in [2.24, 2.45) is 0 Å². The van der Waals surface area contributed by atoms with Gasteiger partial charge in [0.25, 0.3) is 0 Å². The molecule has 0 bridgehead atoms. The van der Waals surface area contributed by atoms with Gasteiger partial charge in [-0.2, -0.15) is 0 Å². The van der Waals surface area contributed by atoms with Crippen LogP contribution in [0.4, 0.5) is 0 Å². The largest absolute Gasteiger partial charge is 0.356 e. The summed E-state index contributed by atoms with van der Waals surface area (Å²) in [7, 11) is 0. The summed E-state index contributed by atoms with van der Waals surface area (Å²) >= 11 is 0. The summed E-state index contributed by atoms with van der Waals surface area (Å²) in [6.07, 6.45) is 23.0. The lowest BCUT2D eigenvalue weighted by atomic mass is 10.1. The van der Waals surface area contributed by atoms with Gasteiger partial charge in [0.15, 0.2) is 0 Å². The van der Waals surface area contributed by atoms with Crippen molar-refractivity contribution in [2.45, 2.75) is 110 Å². The Kier molecular flexibility index (Phi) is 18.6. The Balaban J connectivity index is 3.17. The standard InChI is InChI=1S/C21H41NO/c1-3-5-7-8-9-10-11-12-13-14-15-16-17-19-21(23)22-20-18-6-4-2/h10-11H,3-9,12-20H2,1-2H3,(H,22,23)/b11-10-. The lowest BCUT2D eigenvalue weighted by Crippen LogP contribution is -2.23. The number of carbonyl (C=O) groups is 1. The van der Waals surface area contributed by atoms with Crippen molar-refractivity contribution in [1.29, 1.82) is 0 Å². The first-order chi connectivity index (χ1) is 11.3. The number of amides is 1. The van der Waals surface area contributed by atoms with E-state index in [-0.39, 0.29) is 5.91 Å². The Labute approximate surface area is 145 Å². The molecule has 2 nitrogen and oxygen atoms in total. The molecule has 0 radical (unpaired) electrons. The fourth-order valence-electron chi connectivity index (χ4n) is 2.69. The van der Waals surface area contributed by atoms with Crippen molar-refractivity contribution in [1.82, 2.24) is 5.32 Å². The number of rotatable bonds is 17. The average molecular weight is 324 g/mol. The van der Waals surface area contributed by atoms with Crippen molar-refractivity contribution in [3.8, 4) is 0 Å². The third-order valence-electron chi connectivity index (χ3n) is 4.27. The first-order valence-electron chi connectivity index (χ1n) is 10.2. The molecule has 2 heteroatoms. The summed E-state index contributed by atoms with van der Waals surface area (Å²) in [5.74, 6) is 0.243. The van der Waals surface area contributed by atoms with E-state index in [2.05, 4.69) is 31.3 Å². The van der Waals surface area contributed by atoms with Crippen LogP contribution in [0, 0.1) is 0 Å². The van der Waals surface area contributed by atoms with Gasteiger partial charge in [-0.3, -0.25) is 4.79 Å². The molecule has 1 amide bonds. The first-order valence-corrected chi connectivity index (χ1v) is 10.2. The van der Waals surface area contributed by atoms with Gasteiger partial charge < -0.3 is 5.32 Å². The van der Waals surface area contributed by atoms with Crippen LogP contribution in [0.25, 0.3) is 0 Å². The molecule has 0 unspecified atom stereocenters. The van der Waals surface area contributed by atoms with E-state index in [1.54, 1.807) is 0 Å². The molecule has 0 aliphatic heterocycles. The second-order valence-electron chi connectivity index (χ2n) is 6.68. The molecule has 0 aliphatic rings. The first kappa shape index (κ1) is 22.2. The van der Waals surface area contributed by atoms with E-state index >= 15 is 0 Å². The number of carbonyl (C=O) groups excluding carboxylic acids is 1. The molecule has 1 N–H and O–H groups in total. The summed E-state index contributed by atoms with van der Waals surface area (Å²) in [6, 6.07) is 0. The maximum Gasteiger partial charge on any atom is 0.219 e. The molecule has 0 aromatic rings. The van der Waals surface area contributed by atoms with Crippen molar-refractivity contribution >= 4 is 5.91 Å². The number of allylic oxidation sites excluding steroid dienone is 2. The van der Waals surface area contributed by atoms with Gasteiger partial charge in [0.2, 0.25) is 5.91 Å². The zero-order valence-electron chi connectivity index (χ0n) is 15.9. The predicted molar refractivity (Wildman–Crippen MR) is 103 cm³/mol. The highest BCUT2D eigenvalue weighted by Crippen LogP contribution is 2.09. The van der Waals surface area contributed by atoms with E-state index < -0.39 is 0 Å².